The van der Waals surface area contributed by atoms with Crippen molar-refractivity contribution < 1.29 is 4.74 Å². The van der Waals surface area contributed by atoms with E-state index in [2.05, 4.69) is 12.2 Å². The van der Waals surface area contributed by atoms with Crippen molar-refractivity contribution in [3.05, 3.63) is 0 Å². The zero-order valence-electron chi connectivity index (χ0n) is 10.2. The molecule has 92 valence electrons. The number of thioether (sulfide) groups is 1. The lowest BCUT2D eigenvalue weighted by Gasteiger charge is -2.33. The molecule has 3 unspecified atom stereocenters. The number of aliphatic imine (C=N–C) groups is 1. The number of hydrogen-bond donors (Lipinski definition) is 1. The standard InChI is InChI=1S/C12H22N2OS/c1-9(7-15-2)13-12-14-11-6-4-3-5-10(11)8-16-12/h9-11H,3-8H2,1-2H3,(H,13,14). The summed E-state index contributed by atoms with van der Waals surface area (Å²) < 4.78 is 5.13. The highest BCUT2D eigenvalue weighted by atomic mass is 32.2. The number of nitrogens with one attached hydrogen (secondary N) is 1. The van der Waals surface area contributed by atoms with Gasteiger partial charge in [-0.1, -0.05) is 24.6 Å². The van der Waals surface area contributed by atoms with Crippen LogP contribution in [0.3, 0.4) is 0 Å². The van der Waals surface area contributed by atoms with Crippen molar-refractivity contribution in [3.8, 4) is 0 Å². The summed E-state index contributed by atoms with van der Waals surface area (Å²) in [5, 5.41) is 4.57. The van der Waals surface area contributed by atoms with Crippen LogP contribution in [0.2, 0.25) is 0 Å². The van der Waals surface area contributed by atoms with Gasteiger partial charge in [-0.15, -0.1) is 0 Å². The highest BCUT2D eigenvalue weighted by Crippen LogP contribution is 2.33. The smallest absolute Gasteiger partial charge is 0.157 e. The average molecular weight is 242 g/mol. The molecular formula is C12H22N2OS. The molecule has 0 radical (unpaired) electrons. The summed E-state index contributed by atoms with van der Waals surface area (Å²) >= 11 is 1.89. The molecule has 2 rings (SSSR count). The highest BCUT2D eigenvalue weighted by molar-refractivity contribution is 8.13. The maximum Gasteiger partial charge on any atom is 0.157 e. The summed E-state index contributed by atoms with van der Waals surface area (Å²) in [5.74, 6) is 2.08. The molecule has 3 nitrogen and oxygen atoms in total. The van der Waals surface area contributed by atoms with E-state index in [1.807, 2.05) is 11.8 Å². The fourth-order valence-corrected chi connectivity index (χ4v) is 3.76. The summed E-state index contributed by atoms with van der Waals surface area (Å²) in [4.78, 5) is 4.84. The van der Waals surface area contributed by atoms with Crippen molar-refractivity contribution >= 4 is 16.9 Å². The lowest BCUT2D eigenvalue weighted by molar-refractivity contribution is 0.179. The Labute approximate surface area is 102 Å². The normalized spacial score (nSPS) is 31.5. The number of ether oxygens (including phenoxy) is 1. The highest BCUT2D eigenvalue weighted by Gasteiger charge is 2.29. The molecule has 0 aromatic rings. The van der Waals surface area contributed by atoms with Crippen LogP contribution in [0.4, 0.5) is 0 Å². The second kappa shape index (κ2) is 5.92. The van der Waals surface area contributed by atoms with Gasteiger partial charge in [0.2, 0.25) is 0 Å². The predicted octanol–water partition coefficient (Wildman–Crippen LogP) is 2.27. The van der Waals surface area contributed by atoms with Gasteiger partial charge in [0.1, 0.15) is 0 Å². The van der Waals surface area contributed by atoms with Crippen LogP contribution in [0.25, 0.3) is 0 Å². The Morgan fingerprint density at radius 1 is 1.50 bits per heavy atom. The van der Waals surface area contributed by atoms with Crippen LogP contribution < -0.4 is 5.32 Å². The van der Waals surface area contributed by atoms with Gasteiger partial charge in [0.15, 0.2) is 5.17 Å². The van der Waals surface area contributed by atoms with Gasteiger partial charge in [0, 0.05) is 18.9 Å². The molecular weight excluding hydrogens is 220 g/mol. The summed E-state index contributed by atoms with van der Waals surface area (Å²) in [6, 6.07) is 0.948. The molecule has 3 atom stereocenters. The van der Waals surface area contributed by atoms with Crippen molar-refractivity contribution in [2.45, 2.75) is 44.7 Å². The van der Waals surface area contributed by atoms with Gasteiger partial charge in [0.05, 0.1) is 12.6 Å². The minimum absolute atomic E-state index is 0.358. The van der Waals surface area contributed by atoms with Crippen molar-refractivity contribution in [1.29, 1.82) is 0 Å². The second-order valence-corrected chi connectivity index (χ2v) is 5.87. The Balaban J connectivity index is 1.88. The first-order valence-corrected chi connectivity index (χ1v) is 7.24. The average Bonchev–Trinajstić information content (AvgIpc) is 2.29. The lowest BCUT2D eigenvalue weighted by atomic mass is 9.86. The summed E-state index contributed by atoms with van der Waals surface area (Å²) in [5.41, 5.74) is 0. The van der Waals surface area contributed by atoms with Crippen LogP contribution in [-0.4, -0.2) is 36.7 Å². The predicted molar refractivity (Wildman–Crippen MR) is 70.1 cm³/mol. The number of nitrogens with zero attached hydrogens (tertiary/aromatic N) is 1. The SMILES string of the molecule is COCC(C)NC1=NC2CCCCC2CS1. The number of rotatable bonds is 3. The number of amidine groups is 1. The molecule has 1 fully saturated rings. The second-order valence-electron chi connectivity index (χ2n) is 4.86. The first kappa shape index (κ1) is 12.2. The Morgan fingerprint density at radius 3 is 3.12 bits per heavy atom. The van der Waals surface area contributed by atoms with Crippen LogP contribution in [0.15, 0.2) is 4.99 Å². The van der Waals surface area contributed by atoms with Gasteiger partial charge in [-0.05, 0) is 25.7 Å². The maximum absolute atomic E-state index is 5.13. The van der Waals surface area contributed by atoms with Gasteiger partial charge < -0.3 is 10.1 Å². The molecule has 0 amide bonds. The first-order valence-electron chi connectivity index (χ1n) is 6.25. The molecule has 1 heterocycles. The van der Waals surface area contributed by atoms with E-state index in [-0.39, 0.29) is 0 Å². The molecule has 1 N–H and O–H groups in total. The van der Waals surface area contributed by atoms with Gasteiger partial charge in [0.25, 0.3) is 0 Å². The fourth-order valence-electron chi connectivity index (χ4n) is 2.51. The molecule has 16 heavy (non-hydrogen) atoms. The number of fused-ring (bicyclic) bond motifs is 1. The van der Waals surface area contributed by atoms with E-state index in [0.717, 1.165) is 17.7 Å². The van der Waals surface area contributed by atoms with Crippen molar-refractivity contribution in [2.75, 3.05) is 19.5 Å². The molecule has 0 bridgehead atoms. The third-order valence-electron chi connectivity index (χ3n) is 3.37. The van der Waals surface area contributed by atoms with E-state index < -0.39 is 0 Å². The summed E-state index contributed by atoms with van der Waals surface area (Å²) in [6.07, 6.45) is 5.42. The number of hydrogen-bond acceptors (Lipinski definition) is 4. The molecule has 1 aliphatic carbocycles. The fraction of sp³-hybridized carbons (Fsp3) is 0.917. The van der Waals surface area contributed by atoms with E-state index in [0.29, 0.717) is 12.1 Å². The van der Waals surface area contributed by atoms with Gasteiger partial charge in [-0.3, -0.25) is 4.99 Å². The van der Waals surface area contributed by atoms with Crippen LogP contribution >= 0.6 is 11.8 Å². The quantitative estimate of drug-likeness (QED) is 0.824. The summed E-state index contributed by atoms with van der Waals surface area (Å²) in [7, 11) is 1.74. The van der Waals surface area contributed by atoms with Crippen LogP contribution in [-0.2, 0) is 4.74 Å². The molecule has 0 saturated heterocycles. The van der Waals surface area contributed by atoms with E-state index in [9.17, 15) is 0 Å². The van der Waals surface area contributed by atoms with E-state index in [1.165, 1.54) is 31.4 Å². The Morgan fingerprint density at radius 2 is 2.31 bits per heavy atom. The van der Waals surface area contributed by atoms with Crippen molar-refractivity contribution in [1.82, 2.24) is 5.32 Å². The molecule has 0 spiro atoms. The van der Waals surface area contributed by atoms with Crippen molar-refractivity contribution in [3.63, 3.8) is 0 Å². The minimum Gasteiger partial charge on any atom is -0.383 e. The van der Waals surface area contributed by atoms with E-state index in [1.54, 1.807) is 7.11 Å². The Hall–Kier alpha value is -0.220. The maximum atomic E-state index is 5.13. The molecule has 1 saturated carbocycles. The molecule has 4 heteroatoms. The Bertz CT molecular complexity index is 257. The Kier molecular flexibility index (Phi) is 4.53. The van der Waals surface area contributed by atoms with Crippen LogP contribution in [0.1, 0.15) is 32.6 Å². The minimum atomic E-state index is 0.358. The monoisotopic (exact) mass is 242 g/mol. The van der Waals surface area contributed by atoms with Gasteiger partial charge in [-0.25, -0.2) is 0 Å². The largest absolute Gasteiger partial charge is 0.383 e. The van der Waals surface area contributed by atoms with Crippen LogP contribution in [0, 0.1) is 5.92 Å². The third kappa shape index (κ3) is 3.14. The molecule has 0 aromatic heterocycles. The molecule has 2 aliphatic rings. The van der Waals surface area contributed by atoms with E-state index >= 15 is 0 Å². The molecule has 1 aliphatic heterocycles. The zero-order chi connectivity index (χ0) is 11.4. The number of methoxy groups -OCH3 is 1. The third-order valence-corrected chi connectivity index (χ3v) is 4.46. The van der Waals surface area contributed by atoms with E-state index in [4.69, 9.17) is 9.73 Å². The zero-order valence-corrected chi connectivity index (χ0v) is 11.1. The van der Waals surface area contributed by atoms with Gasteiger partial charge >= 0.3 is 0 Å². The van der Waals surface area contributed by atoms with Crippen LogP contribution in [0.5, 0.6) is 0 Å². The van der Waals surface area contributed by atoms with Crippen molar-refractivity contribution in [2.24, 2.45) is 10.9 Å². The first-order chi connectivity index (χ1) is 7.79. The molecule has 0 aromatic carbocycles. The summed E-state index contributed by atoms with van der Waals surface area (Å²) in [6.45, 7) is 2.88. The topological polar surface area (TPSA) is 33.6 Å². The lowest BCUT2D eigenvalue weighted by Crippen LogP contribution is -2.39. The van der Waals surface area contributed by atoms with Gasteiger partial charge in [-0.2, -0.15) is 0 Å².